The monoisotopic (exact) mass is 520 g/mol. The molecule has 1 unspecified atom stereocenters. The van der Waals surface area contributed by atoms with Crippen LogP contribution in [0.1, 0.15) is 75.6 Å². The van der Waals surface area contributed by atoms with Crippen LogP contribution in [0.3, 0.4) is 0 Å². The maximum absolute atomic E-state index is 12.2. The minimum Gasteiger partial charge on any atom is -0.353 e. The first-order valence-corrected chi connectivity index (χ1v) is 13.5. The van der Waals surface area contributed by atoms with Gasteiger partial charge < -0.3 is 16.0 Å². The Labute approximate surface area is 228 Å². The van der Waals surface area contributed by atoms with Crippen molar-refractivity contribution in [1.82, 2.24) is 20.9 Å². The highest BCUT2D eigenvalue weighted by Crippen LogP contribution is 2.00. The predicted octanol–water partition coefficient (Wildman–Crippen LogP) is 5.35. The van der Waals surface area contributed by atoms with E-state index >= 15 is 0 Å². The second kappa shape index (κ2) is 22.5. The molecule has 3 N–H and O–H groups in total. The number of carbonyl (C=O) groups is 3. The molecular formula is C31H44N4O3. The van der Waals surface area contributed by atoms with E-state index in [1.807, 2.05) is 0 Å². The summed E-state index contributed by atoms with van der Waals surface area (Å²) in [6.07, 6.45) is 31.5. The van der Waals surface area contributed by atoms with E-state index < -0.39 is 6.04 Å². The normalized spacial score (nSPS) is 12.7. The van der Waals surface area contributed by atoms with Crippen LogP contribution in [0.2, 0.25) is 0 Å². The average molecular weight is 521 g/mol. The Hall–Kier alpha value is -3.74. The van der Waals surface area contributed by atoms with Gasteiger partial charge in [-0.1, -0.05) is 67.7 Å². The third-order valence-corrected chi connectivity index (χ3v) is 5.34. The Bertz CT molecular complexity index is 949. The molecule has 0 aliphatic carbocycles. The molecule has 7 heteroatoms. The molecule has 1 atom stereocenters. The molecule has 1 rings (SSSR count). The molecule has 0 radical (unpaired) electrons. The summed E-state index contributed by atoms with van der Waals surface area (Å²) in [5.74, 6) is -0.683. The standard InChI is InChI=1S/C31H44N4O3/c1-3-4-5-6-7-8-9-10-11-12-13-14-15-16-17-18-19-22-29(36)35-27(2)30(37)33-24-25-34-31(38)28-21-20-23-32-26-28/h4-5,7-8,10-11,13-14,16-17,20-21,23,26-27H,3,6,9,12,15,18-19,22,24-25H2,1-2H3,(H,33,37)(H,34,38)(H,35,36). The molecule has 0 bridgehead atoms. The van der Waals surface area contributed by atoms with Crippen molar-refractivity contribution in [2.24, 2.45) is 0 Å². The number of carbonyl (C=O) groups excluding carboxylic acids is 3. The van der Waals surface area contributed by atoms with Crippen molar-refractivity contribution < 1.29 is 14.4 Å². The molecule has 0 spiro atoms. The Morgan fingerprint density at radius 3 is 2.00 bits per heavy atom. The van der Waals surface area contributed by atoms with Crippen LogP contribution in [0.15, 0.2) is 85.3 Å². The quantitative estimate of drug-likeness (QED) is 0.169. The van der Waals surface area contributed by atoms with E-state index in [-0.39, 0.29) is 30.8 Å². The van der Waals surface area contributed by atoms with Crippen molar-refractivity contribution in [2.75, 3.05) is 13.1 Å². The van der Waals surface area contributed by atoms with Crippen molar-refractivity contribution in [2.45, 2.75) is 71.3 Å². The zero-order valence-corrected chi connectivity index (χ0v) is 22.9. The number of unbranched alkanes of at least 4 members (excludes halogenated alkanes) is 1. The van der Waals surface area contributed by atoms with E-state index in [0.29, 0.717) is 12.0 Å². The second-order valence-corrected chi connectivity index (χ2v) is 8.68. The Morgan fingerprint density at radius 2 is 1.42 bits per heavy atom. The Kier molecular flexibility index (Phi) is 19.1. The van der Waals surface area contributed by atoms with Gasteiger partial charge in [-0.05, 0) is 64.0 Å². The highest BCUT2D eigenvalue weighted by atomic mass is 16.2. The van der Waals surface area contributed by atoms with Gasteiger partial charge in [0, 0.05) is 31.9 Å². The number of rotatable bonds is 19. The molecule has 1 aromatic heterocycles. The van der Waals surface area contributed by atoms with E-state index in [4.69, 9.17) is 0 Å². The maximum Gasteiger partial charge on any atom is 0.252 e. The lowest BCUT2D eigenvalue weighted by atomic mass is 10.2. The summed E-state index contributed by atoms with van der Waals surface area (Å²) in [5.41, 5.74) is 0.462. The predicted molar refractivity (Wildman–Crippen MR) is 155 cm³/mol. The van der Waals surface area contributed by atoms with Crippen LogP contribution >= 0.6 is 0 Å². The van der Waals surface area contributed by atoms with Crippen LogP contribution < -0.4 is 16.0 Å². The van der Waals surface area contributed by atoms with Gasteiger partial charge in [-0.15, -0.1) is 0 Å². The van der Waals surface area contributed by atoms with E-state index in [1.54, 1.807) is 25.3 Å². The largest absolute Gasteiger partial charge is 0.353 e. The molecule has 0 aromatic carbocycles. The lowest BCUT2D eigenvalue weighted by molar-refractivity contribution is -0.128. The van der Waals surface area contributed by atoms with Crippen molar-refractivity contribution in [3.63, 3.8) is 0 Å². The zero-order chi connectivity index (χ0) is 27.7. The average Bonchev–Trinajstić information content (AvgIpc) is 2.93. The first-order chi connectivity index (χ1) is 18.5. The van der Waals surface area contributed by atoms with Gasteiger partial charge in [0.05, 0.1) is 5.56 Å². The van der Waals surface area contributed by atoms with Crippen LogP contribution in [0.25, 0.3) is 0 Å². The topological polar surface area (TPSA) is 100 Å². The molecule has 0 saturated heterocycles. The number of nitrogens with zero attached hydrogens (tertiary/aromatic N) is 1. The highest BCUT2D eigenvalue weighted by molar-refractivity contribution is 5.93. The molecule has 0 aliphatic heterocycles. The number of hydrogen-bond donors (Lipinski definition) is 3. The summed E-state index contributed by atoms with van der Waals surface area (Å²) in [4.78, 5) is 40.1. The number of nitrogens with one attached hydrogen (secondary N) is 3. The van der Waals surface area contributed by atoms with Gasteiger partial charge in [-0.25, -0.2) is 0 Å². The molecular weight excluding hydrogens is 476 g/mol. The molecule has 0 fully saturated rings. The van der Waals surface area contributed by atoms with Gasteiger partial charge in [-0.3, -0.25) is 19.4 Å². The van der Waals surface area contributed by atoms with E-state index in [1.165, 1.54) is 6.20 Å². The first-order valence-electron chi connectivity index (χ1n) is 13.5. The maximum atomic E-state index is 12.2. The SMILES string of the molecule is CCC=CCC=CCC=CCC=CCC=CCCCC(=O)NC(C)C(=O)NCCNC(=O)c1cccnc1. The molecule has 206 valence electrons. The van der Waals surface area contributed by atoms with Crippen LogP contribution in [-0.4, -0.2) is 41.8 Å². The van der Waals surface area contributed by atoms with Gasteiger partial charge in [-0.2, -0.15) is 0 Å². The lowest BCUT2D eigenvalue weighted by Gasteiger charge is -2.14. The smallest absolute Gasteiger partial charge is 0.252 e. The van der Waals surface area contributed by atoms with E-state index in [2.05, 4.69) is 88.6 Å². The molecule has 7 nitrogen and oxygen atoms in total. The summed E-state index contributed by atoms with van der Waals surface area (Å²) in [6.45, 7) is 4.34. The van der Waals surface area contributed by atoms with Crippen molar-refractivity contribution in [1.29, 1.82) is 0 Å². The van der Waals surface area contributed by atoms with Gasteiger partial charge >= 0.3 is 0 Å². The molecule has 1 aromatic rings. The van der Waals surface area contributed by atoms with Crippen molar-refractivity contribution in [3.8, 4) is 0 Å². The minimum absolute atomic E-state index is 0.148. The van der Waals surface area contributed by atoms with Gasteiger partial charge in [0.25, 0.3) is 5.91 Å². The highest BCUT2D eigenvalue weighted by Gasteiger charge is 2.14. The Morgan fingerprint density at radius 1 is 0.842 bits per heavy atom. The minimum atomic E-state index is -0.634. The van der Waals surface area contributed by atoms with Gasteiger partial charge in [0.1, 0.15) is 6.04 Å². The number of amides is 3. The molecule has 0 aliphatic rings. The lowest BCUT2D eigenvalue weighted by Crippen LogP contribution is -2.46. The number of allylic oxidation sites excluding steroid dienone is 10. The number of hydrogen-bond acceptors (Lipinski definition) is 4. The summed E-state index contributed by atoms with van der Waals surface area (Å²) >= 11 is 0. The zero-order valence-electron chi connectivity index (χ0n) is 22.9. The number of pyridine rings is 1. The van der Waals surface area contributed by atoms with Crippen LogP contribution in [0, 0.1) is 0 Å². The van der Waals surface area contributed by atoms with Crippen LogP contribution in [0.4, 0.5) is 0 Å². The summed E-state index contributed by atoms with van der Waals surface area (Å²) < 4.78 is 0. The second-order valence-electron chi connectivity index (χ2n) is 8.68. The summed E-state index contributed by atoms with van der Waals surface area (Å²) in [5, 5.41) is 8.13. The van der Waals surface area contributed by atoms with E-state index in [9.17, 15) is 14.4 Å². The fraction of sp³-hybridized carbons (Fsp3) is 0.419. The van der Waals surface area contributed by atoms with Gasteiger partial charge in [0.2, 0.25) is 11.8 Å². The van der Waals surface area contributed by atoms with E-state index in [0.717, 1.165) is 44.9 Å². The molecule has 1 heterocycles. The van der Waals surface area contributed by atoms with Crippen LogP contribution in [0.5, 0.6) is 0 Å². The molecule has 0 saturated carbocycles. The van der Waals surface area contributed by atoms with Crippen LogP contribution in [-0.2, 0) is 9.59 Å². The Balaban J connectivity index is 2.04. The van der Waals surface area contributed by atoms with Crippen molar-refractivity contribution >= 4 is 17.7 Å². The summed E-state index contributed by atoms with van der Waals surface area (Å²) in [6, 6.07) is 2.72. The number of aromatic nitrogens is 1. The van der Waals surface area contributed by atoms with Gasteiger partial charge in [0.15, 0.2) is 0 Å². The molecule has 3 amide bonds. The summed E-state index contributed by atoms with van der Waals surface area (Å²) in [7, 11) is 0. The first kappa shape index (κ1) is 32.3. The fourth-order valence-corrected chi connectivity index (χ4v) is 3.24. The fourth-order valence-electron chi connectivity index (χ4n) is 3.24. The molecule has 38 heavy (non-hydrogen) atoms. The van der Waals surface area contributed by atoms with Crippen molar-refractivity contribution in [3.05, 3.63) is 90.9 Å². The third kappa shape index (κ3) is 17.7. The third-order valence-electron chi connectivity index (χ3n) is 5.34.